The molecule has 0 atom stereocenters. The first kappa shape index (κ1) is 13.2. The van der Waals surface area contributed by atoms with Gasteiger partial charge in [0.1, 0.15) is 5.69 Å². The molecule has 0 bridgehead atoms. The van der Waals surface area contributed by atoms with Gasteiger partial charge in [-0.25, -0.2) is 0 Å². The minimum Gasteiger partial charge on any atom is -0.379 e. The van der Waals surface area contributed by atoms with Gasteiger partial charge in [0, 0.05) is 31.1 Å². The molecule has 7 heteroatoms. The summed E-state index contributed by atoms with van der Waals surface area (Å²) in [4.78, 5) is 21.2. The van der Waals surface area contributed by atoms with Gasteiger partial charge < -0.3 is 10.6 Å². The molecule has 1 aromatic rings. The lowest BCUT2D eigenvalue weighted by molar-refractivity contribution is -0.384. The fourth-order valence-corrected chi connectivity index (χ4v) is 1.42. The minimum atomic E-state index is -0.501. The average molecular weight is 258 g/mol. The van der Waals surface area contributed by atoms with Crippen molar-refractivity contribution in [2.75, 3.05) is 18.9 Å². The van der Waals surface area contributed by atoms with Crippen molar-refractivity contribution in [2.45, 2.75) is 6.42 Å². The molecular formula is C10H12ClN3O3. The minimum absolute atomic E-state index is 0.0636. The lowest BCUT2D eigenvalue weighted by Crippen LogP contribution is -2.20. The molecule has 92 valence electrons. The van der Waals surface area contributed by atoms with E-state index in [0.29, 0.717) is 17.3 Å². The summed E-state index contributed by atoms with van der Waals surface area (Å²) in [6.07, 6.45) is 0.236. The summed E-state index contributed by atoms with van der Waals surface area (Å²) in [5.41, 5.74) is 0.248. The Morgan fingerprint density at radius 1 is 1.53 bits per heavy atom. The molecule has 0 aromatic heterocycles. The topological polar surface area (TPSA) is 84.3 Å². The number of rotatable bonds is 5. The summed E-state index contributed by atoms with van der Waals surface area (Å²) in [5.74, 6) is -0.137. The lowest BCUT2D eigenvalue weighted by atomic mass is 10.2. The van der Waals surface area contributed by atoms with E-state index in [2.05, 4.69) is 10.6 Å². The second-order valence-electron chi connectivity index (χ2n) is 3.27. The molecule has 1 rings (SSSR count). The molecule has 2 N–H and O–H groups in total. The van der Waals surface area contributed by atoms with Crippen molar-refractivity contribution in [1.82, 2.24) is 5.32 Å². The van der Waals surface area contributed by atoms with E-state index in [1.165, 1.54) is 25.2 Å². The van der Waals surface area contributed by atoms with Gasteiger partial charge in [0.05, 0.1) is 4.92 Å². The number of nitrogens with one attached hydrogen (secondary N) is 2. The van der Waals surface area contributed by atoms with E-state index >= 15 is 0 Å². The molecule has 0 heterocycles. The molecule has 0 spiro atoms. The Morgan fingerprint density at radius 3 is 2.82 bits per heavy atom. The number of anilines is 1. The number of benzene rings is 1. The van der Waals surface area contributed by atoms with Crippen LogP contribution in [-0.4, -0.2) is 24.4 Å². The monoisotopic (exact) mass is 257 g/mol. The quantitative estimate of drug-likeness (QED) is 0.622. The van der Waals surface area contributed by atoms with Crippen molar-refractivity contribution in [3.63, 3.8) is 0 Å². The summed E-state index contributed by atoms with van der Waals surface area (Å²) in [6.45, 7) is 0.306. The maximum absolute atomic E-state index is 11.0. The number of carbonyl (C=O) groups is 1. The third-order valence-electron chi connectivity index (χ3n) is 2.10. The van der Waals surface area contributed by atoms with E-state index in [-0.39, 0.29) is 18.0 Å². The highest BCUT2D eigenvalue weighted by Gasteiger charge is 2.13. The number of hydrogen-bond acceptors (Lipinski definition) is 4. The van der Waals surface area contributed by atoms with Gasteiger partial charge in [-0.2, -0.15) is 0 Å². The van der Waals surface area contributed by atoms with Gasteiger partial charge in [-0.05, 0) is 12.1 Å². The molecule has 1 amide bonds. The number of amides is 1. The highest BCUT2D eigenvalue weighted by Crippen LogP contribution is 2.27. The molecule has 1 aromatic carbocycles. The van der Waals surface area contributed by atoms with E-state index in [1.807, 2.05) is 0 Å². The fourth-order valence-electron chi connectivity index (χ4n) is 1.24. The standard InChI is InChI=1S/C10H12ClN3O3/c1-12-10(15)4-5-13-8-6-7(11)2-3-9(8)14(16)17/h2-3,6,13H,4-5H2,1H3,(H,12,15). The molecule has 0 radical (unpaired) electrons. The molecule has 0 aliphatic rings. The van der Waals surface area contributed by atoms with Crippen molar-refractivity contribution in [3.05, 3.63) is 33.3 Å². The van der Waals surface area contributed by atoms with Crippen molar-refractivity contribution in [1.29, 1.82) is 0 Å². The van der Waals surface area contributed by atoms with E-state index in [0.717, 1.165) is 0 Å². The largest absolute Gasteiger partial charge is 0.379 e. The number of nitro groups is 1. The van der Waals surface area contributed by atoms with Crippen LogP contribution in [0.15, 0.2) is 18.2 Å². The van der Waals surface area contributed by atoms with Crippen LogP contribution >= 0.6 is 11.6 Å². The molecule has 0 unspecified atom stereocenters. The number of carbonyl (C=O) groups excluding carboxylic acids is 1. The van der Waals surface area contributed by atoms with Crippen LogP contribution in [0.4, 0.5) is 11.4 Å². The van der Waals surface area contributed by atoms with Crippen LogP contribution < -0.4 is 10.6 Å². The molecule has 0 aliphatic heterocycles. The van der Waals surface area contributed by atoms with Crippen LogP contribution in [0.25, 0.3) is 0 Å². The predicted molar refractivity (Wildman–Crippen MR) is 65.3 cm³/mol. The molecule has 17 heavy (non-hydrogen) atoms. The number of hydrogen-bond donors (Lipinski definition) is 2. The zero-order chi connectivity index (χ0) is 12.8. The zero-order valence-corrected chi connectivity index (χ0v) is 9.95. The first-order valence-corrected chi connectivity index (χ1v) is 5.30. The normalized spacial score (nSPS) is 9.76. The first-order valence-electron chi connectivity index (χ1n) is 4.93. The van der Waals surface area contributed by atoms with Gasteiger partial charge in [-0.3, -0.25) is 14.9 Å². The molecule has 0 aliphatic carbocycles. The van der Waals surface area contributed by atoms with E-state index in [1.54, 1.807) is 0 Å². The van der Waals surface area contributed by atoms with Crippen molar-refractivity contribution < 1.29 is 9.72 Å². The van der Waals surface area contributed by atoms with Crippen LogP contribution in [0.2, 0.25) is 5.02 Å². The maximum atomic E-state index is 11.0. The smallest absolute Gasteiger partial charge is 0.292 e. The first-order chi connectivity index (χ1) is 8.04. The zero-order valence-electron chi connectivity index (χ0n) is 9.20. The van der Waals surface area contributed by atoms with Gasteiger partial charge in [-0.15, -0.1) is 0 Å². The number of nitrogens with zero attached hydrogens (tertiary/aromatic N) is 1. The van der Waals surface area contributed by atoms with Crippen LogP contribution in [0.5, 0.6) is 0 Å². The Bertz CT molecular complexity index is 437. The van der Waals surface area contributed by atoms with E-state index in [9.17, 15) is 14.9 Å². The summed E-state index contributed by atoms with van der Waals surface area (Å²) in [7, 11) is 1.53. The van der Waals surface area contributed by atoms with Crippen molar-refractivity contribution >= 4 is 28.9 Å². The van der Waals surface area contributed by atoms with Crippen molar-refractivity contribution in [3.8, 4) is 0 Å². The lowest BCUT2D eigenvalue weighted by Gasteiger charge is -2.06. The number of nitro benzene ring substituents is 1. The van der Waals surface area contributed by atoms with Gasteiger partial charge in [0.15, 0.2) is 0 Å². The third-order valence-corrected chi connectivity index (χ3v) is 2.34. The molecule has 6 nitrogen and oxygen atoms in total. The fraction of sp³-hybridized carbons (Fsp3) is 0.300. The third kappa shape index (κ3) is 3.92. The van der Waals surface area contributed by atoms with Crippen molar-refractivity contribution in [2.24, 2.45) is 0 Å². The van der Waals surface area contributed by atoms with Crippen LogP contribution in [0.1, 0.15) is 6.42 Å². The summed E-state index contributed by atoms with van der Waals surface area (Å²) in [5, 5.41) is 16.4. The average Bonchev–Trinajstić information content (AvgIpc) is 2.28. The van der Waals surface area contributed by atoms with Gasteiger partial charge in [-0.1, -0.05) is 11.6 Å². The highest BCUT2D eigenvalue weighted by molar-refractivity contribution is 6.31. The maximum Gasteiger partial charge on any atom is 0.292 e. The van der Waals surface area contributed by atoms with Crippen LogP contribution in [0, 0.1) is 10.1 Å². The second kappa shape index (κ2) is 6.05. The summed E-state index contributed by atoms with van der Waals surface area (Å²) >= 11 is 5.75. The van der Waals surface area contributed by atoms with Gasteiger partial charge >= 0.3 is 0 Å². The van der Waals surface area contributed by atoms with Crippen LogP contribution in [-0.2, 0) is 4.79 Å². The Labute approximate surface area is 103 Å². The summed E-state index contributed by atoms with van der Waals surface area (Å²) < 4.78 is 0. The Morgan fingerprint density at radius 2 is 2.24 bits per heavy atom. The second-order valence-corrected chi connectivity index (χ2v) is 3.70. The van der Waals surface area contributed by atoms with Gasteiger partial charge in [0.25, 0.3) is 5.69 Å². The van der Waals surface area contributed by atoms with E-state index in [4.69, 9.17) is 11.6 Å². The number of halogens is 1. The van der Waals surface area contributed by atoms with E-state index < -0.39 is 4.92 Å². The molecular weight excluding hydrogens is 246 g/mol. The SMILES string of the molecule is CNC(=O)CCNc1cc(Cl)ccc1[N+](=O)[O-]. The summed E-state index contributed by atoms with van der Waals surface area (Å²) in [6, 6.07) is 4.23. The highest BCUT2D eigenvalue weighted by atomic mass is 35.5. The Kier molecular flexibility index (Phi) is 4.71. The molecule has 0 saturated carbocycles. The predicted octanol–water partition coefficient (Wildman–Crippen LogP) is 1.80. The van der Waals surface area contributed by atoms with Crippen LogP contribution in [0.3, 0.4) is 0 Å². The molecule has 0 fully saturated rings. The Balaban J connectivity index is 2.72. The van der Waals surface area contributed by atoms with Gasteiger partial charge in [0.2, 0.25) is 5.91 Å². The molecule has 0 saturated heterocycles. The Hall–Kier alpha value is -1.82.